The maximum Gasteiger partial charge on any atom is 0.269 e. The Balaban J connectivity index is 2.07. The number of halogens is 2. The van der Waals surface area contributed by atoms with Crippen LogP contribution in [0.3, 0.4) is 0 Å². The van der Waals surface area contributed by atoms with Gasteiger partial charge in [0, 0.05) is 23.9 Å². The van der Waals surface area contributed by atoms with Crippen molar-refractivity contribution in [2.24, 2.45) is 0 Å². The Bertz CT molecular complexity index is 1030. The fourth-order valence-corrected chi connectivity index (χ4v) is 3.58. The van der Waals surface area contributed by atoms with Crippen molar-refractivity contribution in [1.82, 2.24) is 14.7 Å². The number of amides is 1. The van der Waals surface area contributed by atoms with E-state index in [9.17, 15) is 18.4 Å². The number of hydrogen-bond donors (Lipinski definition) is 1. The zero-order valence-corrected chi connectivity index (χ0v) is 14.4. The third-order valence-corrected chi connectivity index (χ3v) is 4.63. The minimum Gasteiger partial charge on any atom is -0.351 e. The summed E-state index contributed by atoms with van der Waals surface area (Å²) in [4.78, 5) is 30.0. The van der Waals surface area contributed by atoms with Crippen LogP contribution < -0.4 is 10.9 Å². The van der Waals surface area contributed by atoms with Gasteiger partial charge in [-0.3, -0.25) is 9.59 Å². The minimum atomic E-state index is -0.561. The quantitative estimate of drug-likeness (QED) is 0.775. The zero-order valence-electron chi connectivity index (χ0n) is 13.6. The van der Waals surface area contributed by atoms with Crippen LogP contribution in [0.15, 0.2) is 29.1 Å². The van der Waals surface area contributed by atoms with Gasteiger partial charge in [-0.1, -0.05) is 0 Å². The summed E-state index contributed by atoms with van der Waals surface area (Å²) in [5, 5.41) is 2.67. The van der Waals surface area contributed by atoms with Crippen LogP contribution in [0.2, 0.25) is 0 Å². The molecular weight excluding hydrogens is 348 g/mol. The van der Waals surface area contributed by atoms with E-state index in [0.29, 0.717) is 22.1 Å². The van der Waals surface area contributed by atoms with Gasteiger partial charge in [0.25, 0.3) is 11.5 Å². The van der Waals surface area contributed by atoms with Crippen LogP contribution >= 0.6 is 11.3 Å². The molecule has 2 heterocycles. The lowest BCUT2D eigenvalue weighted by Gasteiger charge is -2.05. The van der Waals surface area contributed by atoms with Gasteiger partial charge >= 0.3 is 0 Å². The highest BCUT2D eigenvalue weighted by Gasteiger charge is 2.19. The zero-order chi connectivity index (χ0) is 18.1. The standard InChI is InChI=1S/C17H15F2N3O2S/c1-3-20-16(24)15-9(2)25-17-21-12(8-14(23)22(15)17)7-10-6-11(18)4-5-13(10)19/h4-6,8H,3,7H2,1-2H3,(H,20,24). The summed E-state index contributed by atoms with van der Waals surface area (Å²) in [6.45, 7) is 3.96. The molecule has 3 rings (SSSR count). The summed E-state index contributed by atoms with van der Waals surface area (Å²) in [6, 6.07) is 4.40. The van der Waals surface area contributed by atoms with Crippen molar-refractivity contribution >= 4 is 22.2 Å². The van der Waals surface area contributed by atoms with E-state index >= 15 is 0 Å². The fraction of sp³-hybridized carbons (Fsp3) is 0.235. The van der Waals surface area contributed by atoms with Crippen molar-refractivity contribution in [2.75, 3.05) is 6.54 Å². The van der Waals surface area contributed by atoms with Gasteiger partial charge < -0.3 is 5.32 Å². The molecule has 0 atom stereocenters. The van der Waals surface area contributed by atoms with Crippen molar-refractivity contribution in [3.8, 4) is 0 Å². The Labute approximate surface area is 146 Å². The molecule has 0 saturated carbocycles. The lowest BCUT2D eigenvalue weighted by Crippen LogP contribution is -2.28. The number of fused-ring (bicyclic) bond motifs is 1. The molecule has 0 aliphatic carbocycles. The molecule has 130 valence electrons. The molecule has 5 nitrogen and oxygen atoms in total. The van der Waals surface area contributed by atoms with E-state index in [-0.39, 0.29) is 23.6 Å². The molecule has 0 saturated heterocycles. The second kappa shape index (κ2) is 6.72. The molecule has 3 aromatic rings. The van der Waals surface area contributed by atoms with E-state index in [1.54, 1.807) is 13.8 Å². The van der Waals surface area contributed by atoms with Gasteiger partial charge in [-0.15, -0.1) is 11.3 Å². The number of benzene rings is 1. The number of hydrogen-bond acceptors (Lipinski definition) is 4. The predicted octanol–water partition coefficient (Wildman–Crippen LogP) is 2.68. The molecule has 0 aliphatic heterocycles. The van der Waals surface area contributed by atoms with E-state index in [4.69, 9.17) is 0 Å². The van der Waals surface area contributed by atoms with Gasteiger partial charge in [0.2, 0.25) is 0 Å². The lowest BCUT2D eigenvalue weighted by atomic mass is 10.1. The second-order valence-electron chi connectivity index (χ2n) is 5.48. The first-order valence-corrected chi connectivity index (χ1v) is 8.46. The summed E-state index contributed by atoms with van der Waals surface area (Å²) in [7, 11) is 0. The summed E-state index contributed by atoms with van der Waals surface area (Å²) in [5.74, 6) is -1.47. The highest BCUT2D eigenvalue weighted by atomic mass is 32.1. The first kappa shape index (κ1) is 17.2. The molecule has 0 bridgehead atoms. The SMILES string of the molecule is CCNC(=O)c1c(C)sc2nc(Cc3cc(F)ccc3F)cc(=O)n12. The number of aryl methyl sites for hydroxylation is 1. The molecule has 2 aromatic heterocycles. The van der Waals surface area contributed by atoms with Crippen molar-refractivity contribution < 1.29 is 13.6 Å². The van der Waals surface area contributed by atoms with Gasteiger partial charge in [-0.05, 0) is 37.6 Å². The molecule has 0 fully saturated rings. The molecule has 25 heavy (non-hydrogen) atoms. The monoisotopic (exact) mass is 363 g/mol. The third kappa shape index (κ3) is 3.30. The summed E-state index contributed by atoms with van der Waals surface area (Å²) in [5.41, 5.74) is 0.261. The van der Waals surface area contributed by atoms with Crippen LogP contribution in [0.1, 0.15) is 33.5 Å². The minimum absolute atomic E-state index is 0.0111. The second-order valence-corrected chi connectivity index (χ2v) is 6.66. The largest absolute Gasteiger partial charge is 0.351 e. The Morgan fingerprint density at radius 2 is 2.08 bits per heavy atom. The molecule has 1 N–H and O–H groups in total. The topological polar surface area (TPSA) is 63.5 Å². The van der Waals surface area contributed by atoms with E-state index in [0.717, 1.165) is 18.2 Å². The van der Waals surface area contributed by atoms with Crippen molar-refractivity contribution in [1.29, 1.82) is 0 Å². The molecule has 1 amide bonds. The molecule has 0 spiro atoms. The molecule has 0 unspecified atom stereocenters. The first-order valence-electron chi connectivity index (χ1n) is 7.65. The smallest absolute Gasteiger partial charge is 0.269 e. The maximum absolute atomic E-state index is 13.8. The average molecular weight is 363 g/mol. The highest BCUT2D eigenvalue weighted by molar-refractivity contribution is 7.17. The summed E-state index contributed by atoms with van der Waals surface area (Å²) in [6.07, 6.45) is -0.0111. The third-order valence-electron chi connectivity index (χ3n) is 3.67. The van der Waals surface area contributed by atoms with E-state index in [1.807, 2.05) is 0 Å². The van der Waals surface area contributed by atoms with E-state index in [1.165, 1.54) is 21.8 Å². The highest BCUT2D eigenvalue weighted by Crippen LogP contribution is 2.21. The van der Waals surface area contributed by atoms with Crippen molar-refractivity contribution in [2.45, 2.75) is 20.3 Å². The number of rotatable bonds is 4. The Hall–Kier alpha value is -2.61. The van der Waals surface area contributed by atoms with Gasteiger partial charge in [-0.2, -0.15) is 0 Å². The molecule has 0 radical (unpaired) electrons. The lowest BCUT2D eigenvalue weighted by molar-refractivity contribution is 0.0949. The van der Waals surface area contributed by atoms with Crippen LogP contribution in [0.5, 0.6) is 0 Å². The Morgan fingerprint density at radius 1 is 1.32 bits per heavy atom. The first-order chi connectivity index (χ1) is 11.9. The van der Waals surface area contributed by atoms with Gasteiger partial charge in [0.05, 0.1) is 5.69 Å². The van der Waals surface area contributed by atoms with Crippen LogP contribution in [0.4, 0.5) is 8.78 Å². The molecule has 8 heteroatoms. The van der Waals surface area contributed by atoms with Crippen LogP contribution in [0, 0.1) is 18.6 Å². The maximum atomic E-state index is 13.8. The number of carbonyl (C=O) groups is 1. The number of thiazole rings is 1. The number of aromatic nitrogens is 2. The molecule has 0 aliphatic rings. The van der Waals surface area contributed by atoms with Gasteiger partial charge in [-0.25, -0.2) is 18.2 Å². The van der Waals surface area contributed by atoms with Crippen molar-refractivity contribution in [3.63, 3.8) is 0 Å². The van der Waals surface area contributed by atoms with Crippen LogP contribution in [-0.4, -0.2) is 21.8 Å². The molecular formula is C17H15F2N3O2S. The van der Waals surface area contributed by atoms with Crippen LogP contribution in [-0.2, 0) is 6.42 Å². The van der Waals surface area contributed by atoms with E-state index in [2.05, 4.69) is 10.3 Å². The van der Waals surface area contributed by atoms with Gasteiger partial charge in [0.1, 0.15) is 17.3 Å². The van der Waals surface area contributed by atoms with E-state index < -0.39 is 17.2 Å². The van der Waals surface area contributed by atoms with Crippen LogP contribution in [0.25, 0.3) is 4.96 Å². The average Bonchev–Trinajstić information content (AvgIpc) is 2.87. The van der Waals surface area contributed by atoms with Gasteiger partial charge in [0.15, 0.2) is 4.96 Å². The Morgan fingerprint density at radius 3 is 2.80 bits per heavy atom. The normalized spacial score (nSPS) is 11.0. The predicted molar refractivity (Wildman–Crippen MR) is 91.2 cm³/mol. The summed E-state index contributed by atoms with van der Waals surface area (Å²) < 4.78 is 28.4. The Kier molecular flexibility index (Phi) is 4.63. The number of nitrogens with one attached hydrogen (secondary N) is 1. The molecule has 1 aromatic carbocycles. The summed E-state index contributed by atoms with van der Waals surface area (Å²) >= 11 is 1.20. The fourth-order valence-electron chi connectivity index (χ4n) is 2.59. The number of carbonyl (C=O) groups excluding carboxylic acids is 1. The number of nitrogens with zero attached hydrogens (tertiary/aromatic N) is 2. The van der Waals surface area contributed by atoms with Crippen molar-refractivity contribution in [3.05, 3.63) is 68.1 Å².